The van der Waals surface area contributed by atoms with Crippen LogP contribution in [-0.2, 0) is 11.2 Å². The van der Waals surface area contributed by atoms with Crippen molar-refractivity contribution in [1.29, 1.82) is 0 Å². The number of nitrogens with one attached hydrogen (secondary N) is 1. The minimum Gasteiger partial charge on any atom is -0.459 e. The van der Waals surface area contributed by atoms with Gasteiger partial charge < -0.3 is 19.1 Å². The molecule has 1 fully saturated rings. The number of piperazine rings is 1. The van der Waals surface area contributed by atoms with Gasteiger partial charge in [0.25, 0.3) is 5.89 Å². The largest absolute Gasteiger partial charge is 0.459 e. The maximum absolute atomic E-state index is 12.8. The van der Waals surface area contributed by atoms with Gasteiger partial charge in [-0.1, -0.05) is 6.07 Å². The molecule has 1 atom stereocenters. The predicted molar refractivity (Wildman–Crippen MR) is 94.2 cm³/mol. The van der Waals surface area contributed by atoms with Gasteiger partial charge in [-0.2, -0.15) is 0 Å². The Hall–Kier alpha value is -2.93. The molecule has 7 nitrogen and oxygen atoms in total. The van der Waals surface area contributed by atoms with Gasteiger partial charge in [0, 0.05) is 32.0 Å². The zero-order chi connectivity index (χ0) is 17.9. The highest BCUT2D eigenvalue weighted by Crippen LogP contribution is 2.23. The van der Waals surface area contributed by atoms with E-state index in [-0.39, 0.29) is 18.4 Å². The molecule has 0 radical (unpaired) electrons. The minimum absolute atomic E-state index is 0.0442. The van der Waals surface area contributed by atoms with Gasteiger partial charge in [-0.3, -0.25) is 9.78 Å². The van der Waals surface area contributed by atoms with Crippen LogP contribution >= 0.6 is 0 Å². The zero-order valence-corrected chi connectivity index (χ0v) is 14.5. The molecule has 4 heterocycles. The molecule has 0 aliphatic carbocycles. The Morgan fingerprint density at radius 3 is 3.08 bits per heavy atom. The lowest BCUT2D eigenvalue weighted by molar-refractivity contribution is -0.131. The van der Waals surface area contributed by atoms with E-state index in [1.807, 2.05) is 30.2 Å². The van der Waals surface area contributed by atoms with E-state index in [0.717, 1.165) is 12.1 Å². The third-order valence-electron chi connectivity index (χ3n) is 4.56. The first-order chi connectivity index (χ1) is 12.7. The summed E-state index contributed by atoms with van der Waals surface area (Å²) in [6.07, 6.45) is 5.37. The van der Waals surface area contributed by atoms with Crippen molar-refractivity contribution in [3.05, 3.63) is 59.9 Å². The molecule has 1 aliphatic rings. The molecule has 0 aromatic carbocycles. The molecular formula is C19H20N4O3. The molecule has 1 aliphatic heterocycles. The van der Waals surface area contributed by atoms with Crippen molar-refractivity contribution in [3.63, 3.8) is 0 Å². The van der Waals surface area contributed by atoms with Crippen molar-refractivity contribution in [2.45, 2.75) is 19.4 Å². The molecule has 7 heteroatoms. The van der Waals surface area contributed by atoms with E-state index in [2.05, 4.69) is 15.3 Å². The second kappa shape index (κ2) is 7.13. The fourth-order valence-corrected chi connectivity index (χ4v) is 3.13. The van der Waals surface area contributed by atoms with Crippen molar-refractivity contribution >= 4 is 5.91 Å². The molecule has 4 rings (SSSR count). The SMILES string of the molecule is Cc1oc(-c2ccco2)nc1CC(=O)N1CCNC(c2cccnc2)C1. The second-order valence-corrected chi connectivity index (χ2v) is 6.31. The van der Waals surface area contributed by atoms with Crippen molar-refractivity contribution in [3.8, 4) is 11.7 Å². The first kappa shape index (κ1) is 16.5. The van der Waals surface area contributed by atoms with Gasteiger partial charge in [0.05, 0.1) is 24.4 Å². The van der Waals surface area contributed by atoms with Crippen LogP contribution < -0.4 is 5.32 Å². The molecule has 3 aromatic rings. The predicted octanol–water partition coefficient (Wildman–Crippen LogP) is 2.35. The molecular weight excluding hydrogens is 332 g/mol. The Labute approximate surface area is 151 Å². The maximum Gasteiger partial charge on any atom is 0.263 e. The fraction of sp³-hybridized carbons (Fsp3) is 0.316. The van der Waals surface area contributed by atoms with Crippen LogP contribution in [0.3, 0.4) is 0 Å². The maximum atomic E-state index is 12.8. The Bertz CT molecular complexity index is 874. The average molecular weight is 352 g/mol. The number of carbonyl (C=O) groups is 1. The van der Waals surface area contributed by atoms with Crippen molar-refractivity contribution in [2.75, 3.05) is 19.6 Å². The second-order valence-electron chi connectivity index (χ2n) is 6.31. The van der Waals surface area contributed by atoms with Crippen LogP contribution in [0, 0.1) is 6.92 Å². The van der Waals surface area contributed by atoms with Crippen LogP contribution in [0.25, 0.3) is 11.7 Å². The summed E-state index contributed by atoms with van der Waals surface area (Å²) in [7, 11) is 0. The van der Waals surface area contributed by atoms with Crippen LogP contribution in [-0.4, -0.2) is 40.4 Å². The van der Waals surface area contributed by atoms with Crippen LogP contribution in [0.15, 0.2) is 51.8 Å². The number of hydrogen-bond donors (Lipinski definition) is 1. The van der Waals surface area contributed by atoms with Crippen LogP contribution in [0.2, 0.25) is 0 Å². The number of furan rings is 1. The third-order valence-corrected chi connectivity index (χ3v) is 4.56. The minimum atomic E-state index is 0.0442. The average Bonchev–Trinajstić information content (AvgIpc) is 3.33. The van der Waals surface area contributed by atoms with Gasteiger partial charge in [0.1, 0.15) is 5.76 Å². The van der Waals surface area contributed by atoms with E-state index in [4.69, 9.17) is 8.83 Å². The van der Waals surface area contributed by atoms with Gasteiger partial charge in [0.2, 0.25) is 5.91 Å². The Morgan fingerprint density at radius 1 is 1.38 bits per heavy atom. The molecule has 1 saturated heterocycles. The number of rotatable bonds is 4. The van der Waals surface area contributed by atoms with Crippen molar-refractivity contribution < 1.29 is 13.6 Å². The smallest absolute Gasteiger partial charge is 0.263 e. The summed E-state index contributed by atoms with van der Waals surface area (Å²) in [5.74, 6) is 1.65. The number of hydrogen-bond acceptors (Lipinski definition) is 6. The molecule has 1 amide bonds. The Balaban J connectivity index is 1.45. The first-order valence-corrected chi connectivity index (χ1v) is 8.62. The monoisotopic (exact) mass is 352 g/mol. The zero-order valence-electron chi connectivity index (χ0n) is 14.5. The Morgan fingerprint density at radius 2 is 2.31 bits per heavy atom. The van der Waals surface area contributed by atoms with Crippen molar-refractivity contribution in [1.82, 2.24) is 20.2 Å². The number of aromatic nitrogens is 2. The van der Waals surface area contributed by atoms with Gasteiger partial charge in [0.15, 0.2) is 5.76 Å². The van der Waals surface area contributed by atoms with Crippen LogP contribution in [0.4, 0.5) is 0 Å². The number of oxazole rings is 1. The fourth-order valence-electron chi connectivity index (χ4n) is 3.13. The normalized spacial score (nSPS) is 17.4. The van der Waals surface area contributed by atoms with Crippen molar-refractivity contribution in [2.24, 2.45) is 0 Å². The summed E-state index contributed by atoms with van der Waals surface area (Å²) in [5, 5.41) is 3.44. The highest BCUT2D eigenvalue weighted by molar-refractivity contribution is 5.79. The summed E-state index contributed by atoms with van der Waals surface area (Å²) < 4.78 is 10.9. The number of aryl methyl sites for hydroxylation is 1. The van der Waals surface area contributed by atoms with Crippen LogP contribution in [0.5, 0.6) is 0 Å². The highest BCUT2D eigenvalue weighted by Gasteiger charge is 2.26. The van der Waals surface area contributed by atoms with E-state index < -0.39 is 0 Å². The lowest BCUT2D eigenvalue weighted by Gasteiger charge is -2.33. The van der Waals surface area contributed by atoms with Gasteiger partial charge in [-0.05, 0) is 30.7 Å². The number of carbonyl (C=O) groups excluding carboxylic acids is 1. The van der Waals surface area contributed by atoms with E-state index in [1.165, 1.54) is 0 Å². The van der Waals surface area contributed by atoms with E-state index in [1.54, 1.807) is 24.6 Å². The lowest BCUT2D eigenvalue weighted by atomic mass is 10.1. The number of amides is 1. The Kier molecular flexibility index (Phi) is 4.53. The molecule has 1 N–H and O–H groups in total. The molecule has 26 heavy (non-hydrogen) atoms. The van der Waals surface area contributed by atoms with Crippen LogP contribution in [0.1, 0.15) is 23.1 Å². The molecule has 0 spiro atoms. The molecule has 134 valence electrons. The summed E-state index contributed by atoms with van der Waals surface area (Å²) in [4.78, 5) is 23.2. The van der Waals surface area contributed by atoms with E-state index in [9.17, 15) is 4.79 Å². The third kappa shape index (κ3) is 3.39. The number of nitrogens with zero attached hydrogens (tertiary/aromatic N) is 3. The number of pyridine rings is 1. The standard InChI is InChI=1S/C19H20N4O3/c1-13-15(22-19(26-13)17-5-3-9-25-17)10-18(24)23-8-7-21-16(12-23)14-4-2-6-20-11-14/h2-6,9,11,16,21H,7-8,10,12H2,1H3. The molecule has 1 unspecified atom stereocenters. The van der Waals surface area contributed by atoms with Gasteiger partial charge >= 0.3 is 0 Å². The first-order valence-electron chi connectivity index (χ1n) is 8.62. The van der Waals surface area contributed by atoms with Gasteiger partial charge in [-0.15, -0.1) is 0 Å². The van der Waals surface area contributed by atoms with E-state index >= 15 is 0 Å². The molecule has 0 bridgehead atoms. The summed E-state index contributed by atoms with van der Waals surface area (Å²) >= 11 is 0. The quantitative estimate of drug-likeness (QED) is 0.776. The molecule has 0 saturated carbocycles. The summed E-state index contributed by atoms with van der Waals surface area (Å²) in [6.45, 7) is 3.86. The lowest BCUT2D eigenvalue weighted by Crippen LogP contribution is -2.48. The molecule has 3 aromatic heterocycles. The summed E-state index contributed by atoms with van der Waals surface area (Å²) in [5.41, 5.74) is 1.74. The topological polar surface area (TPSA) is 84.4 Å². The van der Waals surface area contributed by atoms with E-state index in [0.29, 0.717) is 36.2 Å². The summed E-state index contributed by atoms with van der Waals surface area (Å²) in [6, 6.07) is 7.59. The highest BCUT2D eigenvalue weighted by atomic mass is 16.4. The van der Waals surface area contributed by atoms with Gasteiger partial charge in [-0.25, -0.2) is 4.98 Å².